The minimum Gasteiger partial charge on any atom is -0.444 e. The molecule has 0 bridgehead atoms. The van der Waals surface area contributed by atoms with Crippen molar-refractivity contribution in [3.05, 3.63) is 11.2 Å². The molecule has 1 unspecified atom stereocenters. The van der Waals surface area contributed by atoms with Crippen molar-refractivity contribution in [2.45, 2.75) is 45.3 Å². The molecule has 1 aromatic rings. The van der Waals surface area contributed by atoms with Gasteiger partial charge in [0.2, 0.25) is 0 Å². The Morgan fingerprint density at radius 1 is 1.50 bits per heavy atom. The van der Waals surface area contributed by atoms with Gasteiger partial charge < -0.3 is 26.0 Å². The van der Waals surface area contributed by atoms with E-state index in [1.54, 1.807) is 13.1 Å². The average molecular weight is 356 g/mol. The maximum atomic E-state index is 12.0. The van der Waals surface area contributed by atoms with E-state index in [1.165, 1.54) is 0 Å². The highest BCUT2D eigenvalue weighted by molar-refractivity contribution is 6.30. The van der Waals surface area contributed by atoms with Crippen molar-refractivity contribution >= 4 is 34.9 Å². The van der Waals surface area contributed by atoms with Gasteiger partial charge in [0.05, 0.1) is 11.4 Å². The van der Waals surface area contributed by atoms with Crippen molar-refractivity contribution in [1.29, 1.82) is 0 Å². The van der Waals surface area contributed by atoms with Crippen molar-refractivity contribution in [3.63, 3.8) is 0 Å². The van der Waals surface area contributed by atoms with Crippen molar-refractivity contribution in [2.24, 2.45) is 0 Å². The number of amides is 1. The number of hydrogen-bond acceptors (Lipinski definition) is 6. The van der Waals surface area contributed by atoms with Gasteiger partial charge >= 0.3 is 6.09 Å². The fraction of sp³-hybridized carbons (Fsp3) is 0.625. The summed E-state index contributed by atoms with van der Waals surface area (Å²) < 4.78 is 5.33. The zero-order chi connectivity index (χ0) is 17.9. The first kappa shape index (κ1) is 18.4. The number of halogens is 1. The number of anilines is 3. The largest absolute Gasteiger partial charge is 0.444 e. The van der Waals surface area contributed by atoms with Gasteiger partial charge in [-0.05, 0) is 33.6 Å². The number of hydrogen-bond donors (Lipinski definition) is 3. The molecule has 1 atom stereocenters. The SMILES string of the molecule is CNc1nc(Cl)cc(N2CCCC(NC(=O)OC(C)(C)C)C2)c1N. The third-order valence-corrected chi connectivity index (χ3v) is 3.92. The van der Waals surface area contributed by atoms with E-state index in [0.29, 0.717) is 23.2 Å². The second-order valence-electron chi connectivity index (χ2n) is 6.91. The minimum absolute atomic E-state index is 0.00187. The fourth-order valence-corrected chi connectivity index (χ4v) is 2.94. The highest BCUT2D eigenvalue weighted by atomic mass is 35.5. The lowest BCUT2D eigenvalue weighted by atomic mass is 10.0. The first-order valence-electron chi connectivity index (χ1n) is 8.08. The van der Waals surface area contributed by atoms with E-state index in [1.807, 2.05) is 20.8 Å². The third kappa shape index (κ3) is 4.80. The van der Waals surface area contributed by atoms with E-state index < -0.39 is 11.7 Å². The Morgan fingerprint density at radius 3 is 2.83 bits per heavy atom. The summed E-state index contributed by atoms with van der Waals surface area (Å²) in [6.07, 6.45) is 1.44. The number of nitrogens with two attached hydrogens (primary N) is 1. The molecule has 1 aliphatic rings. The van der Waals surface area contributed by atoms with Gasteiger partial charge in [-0.15, -0.1) is 0 Å². The minimum atomic E-state index is -0.511. The van der Waals surface area contributed by atoms with E-state index in [2.05, 4.69) is 20.5 Å². The summed E-state index contributed by atoms with van der Waals surface area (Å²) in [4.78, 5) is 18.3. The van der Waals surface area contributed by atoms with Crippen LogP contribution in [0.4, 0.5) is 22.0 Å². The van der Waals surface area contributed by atoms with Gasteiger partial charge in [-0.1, -0.05) is 11.6 Å². The molecular weight excluding hydrogens is 330 g/mol. The van der Waals surface area contributed by atoms with Gasteiger partial charge in [0.1, 0.15) is 10.8 Å². The molecule has 1 fully saturated rings. The van der Waals surface area contributed by atoms with Gasteiger partial charge in [-0.25, -0.2) is 9.78 Å². The summed E-state index contributed by atoms with van der Waals surface area (Å²) in [6.45, 7) is 7.03. The molecule has 1 saturated heterocycles. The lowest BCUT2D eigenvalue weighted by Gasteiger charge is -2.35. The second-order valence-corrected chi connectivity index (χ2v) is 7.30. The van der Waals surface area contributed by atoms with E-state index in [0.717, 1.165) is 25.1 Å². The van der Waals surface area contributed by atoms with E-state index in [4.69, 9.17) is 22.1 Å². The van der Waals surface area contributed by atoms with Gasteiger partial charge in [0.25, 0.3) is 0 Å². The summed E-state index contributed by atoms with van der Waals surface area (Å²) in [6, 6.07) is 1.76. The topological polar surface area (TPSA) is 92.5 Å². The number of carbonyl (C=O) groups is 1. The van der Waals surface area contributed by atoms with Crippen LogP contribution in [0.5, 0.6) is 0 Å². The molecule has 0 aliphatic carbocycles. The smallest absolute Gasteiger partial charge is 0.407 e. The summed E-state index contributed by atoms with van der Waals surface area (Å²) in [5, 5.41) is 6.26. The molecule has 7 nitrogen and oxygen atoms in total. The van der Waals surface area contributed by atoms with Crippen molar-refractivity contribution < 1.29 is 9.53 Å². The molecule has 1 amide bonds. The molecule has 0 saturated carbocycles. The fourth-order valence-electron chi connectivity index (χ4n) is 2.75. The van der Waals surface area contributed by atoms with Crippen molar-refractivity contribution in [1.82, 2.24) is 10.3 Å². The molecular formula is C16H26ClN5O2. The Kier molecular flexibility index (Phi) is 5.64. The van der Waals surface area contributed by atoms with Crippen LogP contribution in [0, 0.1) is 0 Å². The lowest BCUT2D eigenvalue weighted by Crippen LogP contribution is -2.49. The quantitative estimate of drug-likeness (QED) is 0.722. The normalized spacial score (nSPS) is 18.2. The van der Waals surface area contributed by atoms with Gasteiger partial charge in [0, 0.05) is 32.2 Å². The first-order chi connectivity index (χ1) is 11.2. The lowest BCUT2D eigenvalue weighted by molar-refractivity contribution is 0.0500. The number of rotatable bonds is 3. The number of aromatic nitrogens is 1. The molecule has 2 heterocycles. The van der Waals surface area contributed by atoms with Crippen LogP contribution < -0.4 is 21.3 Å². The Morgan fingerprint density at radius 2 is 2.21 bits per heavy atom. The number of nitrogen functional groups attached to an aromatic ring is 1. The van der Waals surface area contributed by atoms with Crippen molar-refractivity contribution in [2.75, 3.05) is 36.1 Å². The van der Waals surface area contributed by atoms with Gasteiger partial charge in [0.15, 0.2) is 5.82 Å². The Balaban J connectivity index is 2.08. The monoisotopic (exact) mass is 355 g/mol. The molecule has 0 radical (unpaired) electrons. The number of nitrogens with zero attached hydrogens (tertiary/aromatic N) is 2. The molecule has 0 spiro atoms. The molecule has 8 heteroatoms. The van der Waals surface area contributed by atoms with E-state index in [9.17, 15) is 4.79 Å². The summed E-state index contributed by atoms with van der Waals surface area (Å²) in [5.41, 5.74) is 7.06. The standard InChI is InChI=1S/C16H26ClN5O2/c1-16(2,3)24-15(23)20-10-6-5-7-22(9-10)11-8-12(17)21-14(19-4)13(11)18/h8,10H,5-7,9,18H2,1-4H3,(H,19,21)(H,20,23). The zero-order valence-corrected chi connectivity index (χ0v) is 15.4. The van der Waals surface area contributed by atoms with Crippen LogP contribution in [0.2, 0.25) is 5.15 Å². The number of carbonyl (C=O) groups excluding carboxylic acids is 1. The predicted molar refractivity (Wildman–Crippen MR) is 97.8 cm³/mol. The first-order valence-corrected chi connectivity index (χ1v) is 8.45. The van der Waals surface area contributed by atoms with E-state index >= 15 is 0 Å². The zero-order valence-electron chi connectivity index (χ0n) is 14.6. The van der Waals surface area contributed by atoms with Crippen LogP contribution in [0.25, 0.3) is 0 Å². The maximum Gasteiger partial charge on any atom is 0.407 e. The Labute approximate surface area is 147 Å². The van der Waals surface area contributed by atoms with Crippen LogP contribution in [-0.2, 0) is 4.74 Å². The van der Waals surface area contributed by atoms with Crippen LogP contribution >= 0.6 is 11.6 Å². The van der Waals surface area contributed by atoms with Crippen LogP contribution in [-0.4, -0.2) is 42.9 Å². The van der Waals surface area contributed by atoms with Gasteiger partial charge in [-0.2, -0.15) is 0 Å². The number of pyridine rings is 1. The number of piperidine rings is 1. The molecule has 0 aromatic carbocycles. The molecule has 4 N–H and O–H groups in total. The highest BCUT2D eigenvalue weighted by Crippen LogP contribution is 2.33. The van der Waals surface area contributed by atoms with Gasteiger partial charge in [-0.3, -0.25) is 0 Å². The third-order valence-electron chi connectivity index (χ3n) is 3.73. The molecule has 1 aromatic heterocycles. The molecule has 2 rings (SSSR count). The Hall–Kier alpha value is -1.89. The summed E-state index contributed by atoms with van der Waals surface area (Å²) >= 11 is 6.09. The molecule has 134 valence electrons. The number of nitrogens with one attached hydrogen (secondary N) is 2. The predicted octanol–water partition coefficient (Wildman–Crippen LogP) is 2.85. The number of alkyl carbamates (subject to hydrolysis) is 1. The maximum absolute atomic E-state index is 12.0. The van der Waals surface area contributed by atoms with Crippen LogP contribution in [0.3, 0.4) is 0 Å². The summed E-state index contributed by atoms with van der Waals surface area (Å²) in [5.74, 6) is 0.555. The average Bonchev–Trinajstić information content (AvgIpc) is 2.47. The second kappa shape index (κ2) is 7.34. The molecule has 24 heavy (non-hydrogen) atoms. The Bertz CT molecular complexity index is 603. The molecule has 1 aliphatic heterocycles. The summed E-state index contributed by atoms with van der Waals surface area (Å²) in [7, 11) is 1.75. The van der Waals surface area contributed by atoms with Crippen molar-refractivity contribution in [3.8, 4) is 0 Å². The van der Waals surface area contributed by atoms with Crippen LogP contribution in [0.1, 0.15) is 33.6 Å². The van der Waals surface area contributed by atoms with Crippen LogP contribution in [0.15, 0.2) is 6.07 Å². The highest BCUT2D eigenvalue weighted by Gasteiger charge is 2.26. The van der Waals surface area contributed by atoms with E-state index in [-0.39, 0.29) is 6.04 Å². The number of ether oxygens (including phenoxy) is 1.